The predicted molar refractivity (Wildman–Crippen MR) is 124 cm³/mol. The molecular formula is C24H29N7O. The molecule has 0 bridgehead atoms. The Bertz CT molecular complexity index is 1110. The van der Waals surface area contributed by atoms with E-state index in [9.17, 15) is 0 Å². The molecule has 8 nitrogen and oxygen atoms in total. The molecule has 2 aromatic carbocycles. The molecule has 0 fully saturated rings. The summed E-state index contributed by atoms with van der Waals surface area (Å²) in [5.41, 5.74) is 5.01. The summed E-state index contributed by atoms with van der Waals surface area (Å²) in [7, 11) is 6.01. The van der Waals surface area contributed by atoms with Gasteiger partial charge in [-0.3, -0.25) is 9.36 Å². The fourth-order valence-corrected chi connectivity index (χ4v) is 3.40. The molecule has 32 heavy (non-hydrogen) atoms. The molecule has 0 saturated carbocycles. The Morgan fingerprint density at radius 3 is 2.12 bits per heavy atom. The van der Waals surface area contributed by atoms with E-state index in [-0.39, 0.29) is 0 Å². The number of benzene rings is 2. The highest BCUT2D eigenvalue weighted by molar-refractivity contribution is 5.65. The molecule has 0 unspecified atom stereocenters. The normalized spacial score (nSPS) is 11.2. The zero-order chi connectivity index (χ0) is 22.3. The maximum atomic E-state index is 5.80. The lowest BCUT2D eigenvalue weighted by atomic mass is 10.1. The third kappa shape index (κ3) is 5.79. The van der Waals surface area contributed by atoms with E-state index < -0.39 is 0 Å². The van der Waals surface area contributed by atoms with Gasteiger partial charge in [0.05, 0.1) is 19.0 Å². The first-order valence-corrected chi connectivity index (χ1v) is 10.8. The van der Waals surface area contributed by atoms with E-state index >= 15 is 0 Å². The van der Waals surface area contributed by atoms with Gasteiger partial charge in [0.15, 0.2) is 0 Å². The summed E-state index contributed by atoms with van der Waals surface area (Å²) in [6, 6.07) is 16.4. The van der Waals surface area contributed by atoms with Gasteiger partial charge in [0, 0.05) is 31.3 Å². The summed E-state index contributed by atoms with van der Waals surface area (Å²) in [6.45, 7) is 2.54. The van der Waals surface area contributed by atoms with Gasteiger partial charge in [0.2, 0.25) is 0 Å². The minimum absolute atomic E-state index is 0.735. The van der Waals surface area contributed by atoms with Crippen molar-refractivity contribution in [2.75, 3.05) is 27.2 Å². The van der Waals surface area contributed by atoms with Gasteiger partial charge < -0.3 is 9.64 Å². The van der Waals surface area contributed by atoms with Crippen LogP contribution in [0.15, 0.2) is 60.9 Å². The fraction of sp³-hybridized carbons (Fsp3) is 0.333. The SMILES string of the molecule is CN(C)CCCOc1ccc(CCn2cc(-c3ccc(-c4cn(C)nn4)cc3)nn2)cc1. The van der Waals surface area contributed by atoms with Gasteiger partial charge in [-0.25, -0.2) is 0 Å². The molecule has 0 saturated heterocycles. The molecular weight excluding hydrogens is 402 g/mol. The van der Waals surface area contributed by atoms with Gasteiger partial charge >= 0.3 is 0 Å². The third-order valence-corrected chi connectivity index (χ3v) is 5.19. The molecule has 4 aromatic rings. The second-order valence-electron chi connectivity index (χ2n) is 8.12. The van der Waals surface area contributed by atoms with Crippen LogP contribution in [0.2, 0.25) is 0 Å². The molecule has 0 amide bonds. The molecule has 0 aliphatic carbocycles. The van der Waals surface area contributed by atoms with Crippen LogP contribution in [-0.2, 0) is 20.0 Å². The van der Waals surface area contributed by atoms with Crippen molar-refractivity contribution in [3.05, 3.63) is 66.5 Å². The molecule has 2 heterocycles. The van der Waals surface area contributed by atoms with Crippen LogP contribution in [-0.4, -0.2) is 62.1 Å². The Labute approximate surface area is 188 Å². The highest BCUT2D eigenvalue weighted by atomic mass is 16.5. The quantitative estimate of drug-likeness (QED) is 0.359. The van der Waals surface area contributed by atoms with E-state index in [4.69, 9.17) is 4.74 Å². The van der Waals surface area contributed by atoms with Crippen molar-refractivity contribution >= 4 is 0 Å². The number of nitrogens with zero attached hydrogens (tertiary/aromatic N) is 7. The van der Waals surface area contributed by atoms with Crippen LogP contribution in [0.4, 0.5) is 0 Å². The number of aromatic nitrogens is 6. The van der Waals surface area contributed by atoms with E-state index in [1.165, 1.54) is 5.56 Å². The minimum Gasteiger partial charge on any atom is -0.494 e. The van der Waals surface area contributed by atoms with Gasteiger partial charge in [-0.15, -0.1) is 10.2 Å². The lowest BCUT2D eigenvalue weighted by Gasteiger charge is -2.10. The predicted octanol–water partition coefficient (Wildman–Crippen LogP) is 3.31. The second kappa shape index (κ2) is 10.2. The van der Waals surface area contributed by atoms with E-state index in [0.29, 0.717) is 0 Å². The maximum Gasteiger partial charge on any atom is 0.119 e. The third-order valence-electron chi connectivity index (χ3n) is 5.19. The smallest absolute Gasteiger partial charge is 0.119 e. The highest BCUT2D eigenvalue weighted by Gasteiger charge is 2.07. The summed E-state index contributed by atoms with van der Waals surface area (Å²) >= 11 is 0. The van der Waals surface area contributed by atoms with Crippen LogP contribution >= 0.6 is 0 Å². The van der Waals surface area contributed by atoms with Crippen molar-refractivity contribution < 1.29 is 4.74 Å². The molecule has 4 rings (SSSR count). The van der Waals surface area contributed by atoms with Crippen LogP contribution in [0.25, 0.3) is 22.5 Å². The zero-order valence-corrected chi connectivity index (χ0v) is 18.8. The van der Waals surface area contributed by atoms with E-state index in [2.05, 4.69) is 51.8 Å². The number of rotatable bonds is 10. The Kier molecular flexibility index (Phi) is 6.91. The summed E-state index contributed by atoms with van der Waals surface area (Å²) in [6.07, 6.45) is 5.79. The van der Waals surface area contributed by atoms with Gasteiger partial charge in [-0.1, -0.05) is 46.8 Å². The highest BCUT2D eigenvalue weighted by Crippen LogP contribution is 2.22. The molecule has 0 aliphatic rings. The van der Waals surface area contributed by atoms with Crippen LogP contribution in [0.3, 0.4) is 0 Å². The molecule has 0 spiro atoms. The molecule has 0 atom stereocenters. The van der Waals surface area contributed by atoms with Crippen LogP contribution in [0.1, 0.15) is 12.0 Å². The first-order valence-electron chi connectivity index (χ1n) is 10.8. The first-order chi connectivity index (χ1) is 15.6. The molecule has 166 valence electrons. The standard InChI is InChI=1S/C24H29N7O/c1-29(2)14-4-16-32-22-11-5-19(6-12-22)13-15-31-18-24(26-28-31)21-9-7-20(8-10-21)23-17-30(3)27-25-23/h5-12,17-18H,4,13-16H2,1-3H3. The largest absolute Gasteiger partial charge is 0.494 e. The van der Waals surface area contributed by atoms with Crippen molar-refractivity contribution in [3.8, 4) is 28.3 Å². The molecule has 0 aliphatic heterocycles. The Balaban J connectivity index is 1.29. The zero-order valence-electron chi connectivity index (χ0n) is 18.8. The van der Waals surface area contributed by atoms with Crippen LogP contribution in [0.5, 0.6) is 5.75 Å². The average Bonchev–Trinajstić information content (AvgIpc) is 3.45. The molecule has 8 heteroatoms. The van der Waals surface area contributed by atoms with Crippen molar-refractivity contribution in [3.63, 3.8) is 0 Å². The van der Waals surface area contributed by atoms with Crippen molar-refractivity contribution in [2.24, 2.45) is 7.05 Å². The first kappa shape index (κ1) is 21.7. The number of ether oxygens (including phenoxy) is 1. The maximum absolute atomic E-state index is 5.80. The topological polar surface area (TPSA) is 73.9 Å². The van der Waals surface area contributed by atoms with E-state index in [0.717, 1.165) is 60.8 Å². The minimum atomic E-state index is 0.735. The average molecular weight is 432 g/mol. The van der Waals surface area contributed by atoms with Crippen LogP contribution in [0, 0.1) is 0 Å². The molecule has 2 aromatic heterocycles. The number of aryl methyl sites for hydroxylation is 3. The van der Waals surface area contributed by atoms with Gasteiger partial charge in [-0.2, -0.15) is 0 Å². The van der Waals surface area contributed by atoms with Crippen molar-refractivity contribution in [1.82, 2.24) is 34.9 Å². The Morgan fingerprint density at radius 1 is 0.844 bits per heavy atom. The van der Waals surface area contributed by atoms with Crippen LogP contribution < -0.4 is 4.74 Å². The Hall–Kier alpha value is -3.52. The van der Waals surface area contributed by atoms with Crippen molar-refractivity contribution in [2.45, 2.75) is 19.4 Å². The van der Waals surface area contributed by atoms with E-state index in [1.807, 2.05) is 60.5 Å². The fourth-order valence-electron chi connectivity index (χ4n) is 3.40. The lowest BCUT2D eigenvalue weighted by molar-refractivity contribution is 0.281. The number of hydrogen-bond donors (Lipinski definition) is 0. The molecule has 0 radical (unpaired) electrons. The van der Waals surface area contributed by atoms with E-state index in [1.54, 1.807) is 4.68 Å². The van der Waals surface area contributed by atoms with Gasteiger partial charge in [0.25, 0.3) is 0 Å². The lowest BCUT2D eigenvalue weighted by Crippen LogP contribution is -2.15. The monoisotopic (exact) mass is 431 g/mol. The summed E-state index contributed by atoms with van der Waals surface area (Å²) < 4.78 is 9.38. The number of hydrogen-bond acceptors (Lipinski definition) is 6. The van der Waals surface area contributed by atoms with Gasteiger partial charge in [-0.05, 0) is 44.6 Å². The van der Waals surface area contributed by atoms with Gasteiger partial charge in [0.1, 0.15) is 17.1 Å². The summed E-state index contributed by atoms with van der Waals surface area (Å²) in [4.78, 5) is 2.16. The summed E-state index contributed by atoms with van der Waals surface area (Å²) in [5, 5.41) is 16.7. The molecule has 0 N–H and O–H groups in total. The van der Waals surface area contributed by atoms with Crippen molar-refractivity contribution in [1.29, 1.82) is 0 Å². The second-order valence-corrected chi connectivity index (χ2v) is 8.12. The Morgan fingerprint density at radius 2 is 1.50 bits per heavy atom. The summed E-state index contributed by atoms with van der Waals surface area (Å²) in [5.74, 6) is 0.917.